The molecule has 1 atom stereocenters. The smallest absolute Gasteiger partial charge is 0.228 e. The fraction of sp³-hybridized carbons (Fsp3) is 0.208. The molecule has 1 N–H and O–H groups in total. The third-order valence-electron chi connectivity index (χ3n) is 5.56. The Labute approximate surface area is 179 Å². The van der Waals surface area contributed by atoms with E-state index in [0.717, 1.165) is 39.2 Å². The molecule has 5 heteroatoms. The molecule has 0 aromatic heterocycles. The van der Waals surface area contributed by atoms with Gasteiger partial charge in [-0.25, -0.2) is 0 Å². The van der Waals surface area contributed by atoms with Gasteiger partial charge in [0.2, 0.25) is 5.91 Å². The summed E-state index contributed by atoms with van der Waals surface area (Å²) in [5, 5.41) is 3.06. The first-order chi connectivity index (χ1) is 14.1. The van der Waals surface area contributed by atoms with E-state index < -0.39 is 5.41 Å². The van der Waals surface area contributed by atoms with Gasteiger partial charge < -0.3 is 14.8 Å². The van der Waals surface area contributed by atoms with Crippen LogP contribution in [0.2, 0.25) is 0 Å². The molecule has 1 saturated carbocycles. The molecule has 0 bridgehead atoms. The van der Waals surface area contributed by atoms with Gasteiger partial charge in [-0.2, -0.15) is 0 Å². The van der Waals surface area contributed by atoms with Crippen molar-refractivity contribution in [2.75, 3.05) is 19.5 Å². The Hall–Kier alpha value is -2.79. The average Bonchev–Trinajstić information content (AvgIpc) is 3.53. The highest BCUT2D eigenvalue weighted by Gasteiger charge is 2.60. The van der Waals surface area contributed by atoms with Crippen molar-refractivity contribution >= 4 is 27.5 Å². The zero-order chi connectivity index (χ0) is 20.4. The first-order valence-corrected chi connectivity index (χ1v) is 10.2. The van der Waals surface area contributed by atoms with Crippen LogP contribution in [0.25, 0.3) is 0 Å². The van der Waals surface area contributed by atoms with Gasteiger partial charge in [0.15, 0.2) is 0 Å². The number of benzene rings is 3. The van der Waals surface area contributed by atoms with E-state index in [1.54, 1.807) is 14.2 Å². The first-order valence-electron chi connectivity index (χ1n) is 9.42. The monoisotopic (exact) mass is 451 g/mol. The second-order valence-electron chi connectivity index (χ2n) is 7.19. The molecule has 148 valence electrons. The van der Waals surface area contributed by atoms with Crippen molar-refractivity contribution in [1.82, 2.24) is 0 Å². The molecule has 1 fully saturated rings. The molecule has 3 aromatic carbocycles. The van der Waals surface area contributed by atoms with Gasteiger partial charge in [-0.15, -0.1) is 0 Å². The number of ether oxygens (including phenoxy) is 2. The van der Waals surface area contributed by atoms with E-state index in [-0.39, 0.29) is 11.8 Å². The van der Waals surface area contributed by atoms with Crippen molar-refractivity contribution < 1.29 is 14.3 Å². The summed E-state index contributed by atoms with van der Waals surface area (Å²) < 4.78 is 11.8. The molecule has 0 radical (unpaired) electrons. The standard InChI is InChI=1S/C24H22BrNO3/c1-28-20-7-3-5-16(13-20)24(17-6-4-8-21(14-17)29-2)15-22(24)23(27)26-19-11-9-18(25)10-12-19/h3-14,22H,15H2,1-2H3,(H,26,27)/t22-/m1/s1. The van der Waals surface area contributed by atoms with Crippen LogP contribution < -0.4 is 14.8 Å². The number of hydrogen-bond donors (Lipinski definition) is 1. The Morgan fingerprint density at radius 1 is 0.931 bits per heavy atom. The minimum Gasteiger partial charge on any atom is -0.497 e. The van der Waals surface area contributed by atoms with Gasteiger partial charge in [0.1, 0.15) is 11.5 Å². The Kier molecular flexibility index (Phi) is 5.33. The zero-order valence-corrected chi connectivity index (χ0v) is 17.9. The number of methoxy groups -OCH3 is 2. The largest absolute Gasteiger partial charge is 0.497 e. The molecule has 1 aliphatic carbocycles. The highest BCUT2D eigenvalue weighted by atomic mass is 79.9. The van der Waals surface area contributed by atoms with Crippen molar-refractivity contribution in [1.29, 1.82) is 0 Å². The molecule has 0 unspecified atom stereocenters. The van der Waals surface area contributed by atoms with Gasteiger partial charge in [-0.3, -0.25) is 4.79 Å². The van der Waals surface area contributed by atoms with Crippen molar-refractivity contribution in [3.63, 3.8) is 0 Å². The molecular formula is C24H22BrNO3. The summed E-state index contributed by atoms with van der Waals surface area (Å²) in [5.74, 6) is 1.40. The summed E-state index contributed by atoms with van der Waals surface area (Å²) in [5.41, 5.74) is 2.53. The molecule has 4 nitrogen and oxygen atoms in total. The van der Waals surface area contributed by atoms with Crippen LogP contribution in [-0.2, 0) is 10.2 Å². The van der Waals surface area contributed by atoms with Crippen LogP contribution in [0.5, 0.6) is 11.5 Å². The third-order valence-corrected chi connectivity index (χ3v) is 6.09. The van der Waals surface area contributed by atoms with Crippen molar-refractivity contribution in [3.8, 4) is 11.5 Å². The molecule has 0 heterocycles. The van der Waals surface area contributed by atoms with Gasteiger partial charge in [0, 0.05) is 15.6 Å². The molecule has 0 saturated heterocycles. The summed E-state index contributed by atoms with van der Waals surface area (Å²) >= 11 is 3.42. The van der Waals surface area contributed by atoms with Gasteiger partial charge >= 0.3 is 0 Å². The summed E-state index contributed by atoms with van der Waals surface area (Å²) in [6, 6.07) is 23.6. The first kappa shape index (κ1) is 19.5. The van der Waals surface area contributed by atoms with Crippen molar-refractivity contribution in [2.24, 2.45) is 5.92 Å². The van der Waals surface area contributed by atoms with Crippen LogP contribution in [0, 0.1) is 5.92 Å². The quantitative estimate of drug-likeness (QED) is 0.544. The number of carbonyl (C=O) groups excluding carboxylic acids is 1. The van der Waals surface area contributed by atoms with Crippen molar-refractivity contribution in [3.05, 3.63) is 88.4 Å². The molecule has 4 rings (SSSR count). The van der Waals surface area contributed by atoms with Crippen LogP contribution in [0.3, 0.4) is 0 Å². The predicted octanol–water partition coefficient (Wildman–Crippen LogP) is 5.41. The van der Waals surface area contributed by atoms with E-state index in [0.29, 0.717) is 0 Å². The highest BCUT2D eigenvalue weighted by molar-refractivity contribution is 9.10. The van der Waals surface area contributed by atoms with Crippen LogP contribution in [-0.4, -0.2) is 20.1 Å². The lowest BCUT2D eigenvalue weighted by molar-refractivity contribution is -0.117. The molecular weight excluding hydrogens is 430 g/mol. The van der Waals surface area contributed by atoms with Crippen molar-refractivity contribution in [2.45, 2.75) is 11.8 Å². The van der Waals surface area contributed by atoms with Gasteiger partial charge in [-0.05, 0) is 66.1 Å². The highest BCUT2D eigenvalue weighted by Crippen LogP contribution is 2.60. The number of carbonyl (C=O) groups is 1. The topological polar surface area (TPSA) is 47.6 Å². The van der Waals surface area contributed by atoms with Gasteiger partial charge in [-0.1, -0.05) is 40.2 Å². The predicted molar refractivity (Wildman–Crippen MR) is 118 cm³/mol. The van der Waals surface area contributed by atoms with Crippen LogP contribution in [0.4, 0.5) is 5.69 Å². The van der Waals surface area contributed by atoms with Crippen LogP contribution >= 0.6 is 15.9 Å². The maximum Gasteiger partial charge on any atom is 0.228 e. The minimum absolute atomic E-state index is 0.0120. The fourth-order valence-electron chi connectivity index (χ4n) is 3.95. The number of nitrogens with one attached hydrogen (secondary N) is 1. The van der Waals surface area contributed by atoms with E-state index in [4.69, 9.17) is 9.47 Å². The number of rotatable bonds is 6. The van der Waals surface area contributed by atoms with E-state index in [1.165, 1.54) is 0 Å². The van der Waals surface area contributed by atoms with E-state index in [2.05, 4.69) is 33.4 Å². The SMILES string of the molecule is COc1cccc(C2(c3cccc(OC)c3)C[C@@H]2C(=O)Nc2ccc(Br)cc2)c1. The number of amides is 1. The molecule has 29 heavy (non-hydrogen) atoms. The summed E-state index contributed by atoms with van der Waals surface area (Å²) in [4.78, 5) is 13.1. The lowest BCUT2D eigenvalue weighted by atomic mass is 9.85. The van der Waals surface area contributed by atoms with Gasteiger partial charge in [0.25, 0.3) is 0 Å². The number of hydrogen-bond acceptors (Lipinski definition) is 3. The second kappa shape index (κ2) is 7.91. The van der Waals surface area contributed by atoms with E-state index in [1.807, 2.05) is 60.7 Å². The normalized spacial score (nSPS) is 16.7. The Morgan fingerprint density at radius 2 is 1.48 bits per heavy atom. The minimum atomic E-state index is -0.400. The summed E-state index contributed by atoms with van der Waals surface area (Å²) in [6.45, 7) is 0. The molecule has 0 spiro atoms. The maximum atomic E-state index is 13.1. The second-order valence-corrected chi connectivity index (χ2v) is 8.10. The van der Waals surface area contributed by atoms with Crippen LogP contribution in [0.15, 0.2) is 77.3 Å². The number of halogens is 1. The summed E-state index contributed by atoms with van der Waals surface area (Å²) in [7, 11) is 3.31. The van der Waals surface area contributed by atoms with Gasteiger partial charge in [0.05, 0.1) is 20.1 Å². The number of anilines is 1. The molecule has 3 aromatic rings. The third kappa shape index (κ3) is 3.75. The average molecular weight is 452 g/mol. The summed E-state index contributed by atoms with van der Waals surface area (Å²) in [6.07, 6.45) is 0.732. The Balaban J connectivity index is 1.70. The van der Waals surface area contributed by atoms with E-state index >= 15 is 0 Å². The Bertz CT molecular complexity index is 985. The van der Waals surface area contributed by atoms with E-state index in [9.17, 15) is 4.79 Å². The molecule has 1 aliphatic rings. The maximum absolute atomic E-state index is 13.1. The Morgan fingerprint density at radius 3 is 2.00 bits per heavy atom. The van der Waals surface area contributed by atoms with Crippen LogP contribution in [0.1, 0.15) is 17.5 Å². The fourth-order valence-corrected chi connectivity index (χ4v) is 4.21. The molecule has 0 aliphatic heterocycles. The lowest BCUT2D eigenvalue weighted by Crippen LogP contribution is -2.22. The lowest BCUT2D eigenvalue weighted by Gasteiger charge is -2.20. The zero-order valence-electron chi connectivity index (χ0n) is 16.3. The molecule has 1 amide bonds.